The van der Waals surface area contributed by atoms with Gasteiger partial charge < -0.3 is 19.7 Å². The van der Waals surface area contributed by atoms with E-state index in [1.807, 2.05) is 97.9 Å². The highest BCUT2D eigenvalue weighted by Gasteiger charge is 2.03. The zero-order valence-corrected chi connectivity index (χ0v) is 18.4. The van der Waals surface area contributed by atoms with Crippen LogP contribution < -0.4 is 19.7 Å². The minimum Gasteiger partial charge on any atom is -0.489 e. The molecule has 5 heteroatoms. The van der Waals surface area contributed by atoms with Crippen molar-refractivity contribution in [1.29, 1.82) is 0 Å². The standard InChI is InChI=1S/C27H27N3O2/c1-30(2)24-11-7-13-26(17-24)32-27-15-14-23(29-19-27)18-28-22-10-6-12-25(16-22)31-20-21-8-4-3-5-9-21/h3-17,19,28H,18,20H2,1-2H3. The minimum atomic E-state index is 0.546. The van der Waals surface area contributed by atoms with Crippen LogP contribution in [0.4, 0.5) is 11.4 Å². The van der Waals surface area contributed by atoms with Gasteiger partial charge in [-0.15, -0.1) is 0 Å². The van der Waals surface area contributed by atoms with Crippen LogP contribution in [0.15, 0.2) is 97.2 Å². The highest BCUT2D eigenvalue weighted by atomic mass is 16.5. The summed E-state index contributed by atoms with van der Waals surface area (Å²) in [6, 6.07) is 30.0. The van der Waals surface area contributed by atoms with Crippen molar-refractivity contribution in [1.82, 2.24) is 4.98 Å². The van der Waals surface area contributed by atoms with E-state index in [1.54, 1.807) is 6.20 Å². The van der Waals surface area contributed by atoms with Gasteiger partial charge in [0.15, 0.2) is 0 Å². The molecule has 4 rings (SSSR count). The SMILES string of the molecule is CN(C)c1cccc(Oc2ccc(CNc3cccc(OCc4ccccc4)c3)nc2)c1. The summed E-state index contributed by atoms with van der Waals surface area (Å²) in [5, 5.41) is 3.40. The van der Waals surface area contributed by atoms with Crippen molar-refractivity contribution in [3.05, 3.63) is 108 Å². The number of benzene rings is 3. The number of aromatic nitrogens is 1. The van der Waals surface area contributed by atoms with E-state index >= 15 is 0 Å². The van der Waals surface area contributed by atoms with Crippen molar-refractivity contribution in [2.24, 2.45) is 0 Å². The second kappa shape index (κ2) is 10.4. The van der Waals surface area contributed by atoms with E-state index in [0.29, 0.717) is 18.9 Å². The molecule has 0 radical (unpaired) electrons. The zero-order valence-electron chi connectivity index (χ0n) is 18.4. The third kappa shape index (κ3) is 6.01. The van der Waals surface area contributed by atoms with Crippen LogP contribution in [0.1, 0.15) is 11.3 Å². The van der Waals surface area contributed by atoms with Crippen LogP contribution in [-0.4, -0.2) is 19.1 Å². The molecule has 162 valence electrons. The Kier molecular flexibility index (Phi) is 6.88. The first kappa shape index (κ1) is 21.2. The quantitative estimate of drug-likeness (QED) is 0.349. The minimum absolute atomic E-state index is 0.546. The fourth-order valence-corrected chi connectivity index (χ4v) is 3.17. The molecule has 1 heterocycles. The fourth-order valence-electron chi connectivity index (χ4n) is 3.17. The summed E-state index contributed by atoms with van der Waals surface area (Å²) >= 11 is 0. The van der Waals surface area contributed by atoms with Crippen LogP contribution >= 0.6 is 0 Å². The lowest BCUT2D eigenvalue weighted by molar-refractivity contribution is 0.306. The van der Waals surface area contributed by atoms with Crippen LogP contribution in [0.5, 0.6) is 17.2 Å². The van der Waals surface area contributed by atoms with Crippen molar-refractivity contribution < 1.29 is 9.47 Å². The predicted octanol–water partition coefficient (Wildman–Crippen LogP) is 6.13. The molecule has 0 spiro atoms. The number of hydrogen-bond donors (Lipinski definition) is 1. The maximum absolute atomic E-state index is 5.94. The topological polar surface area (TPSA) is 46.6 Å². The third-order valence-corrected chi connectivity index (χ3v) is 4.92. The van der Waals surface area contributed by atoms with Gasteiger partial charge in [-0.3, -0.25) is 4.98 Å². The Hall–Kier alpha value is -3.99. The largest absolute Gasteiger partial charge is 0.489 e. The summed E-state index contributed by atoms with van der Waals surface area (Å²) in [5.41, 5.74) is 4.14. The second-order valence-electron chi connectivity index (χ2n) is 7.63. The van der Waals surface area contributed by atoms with Gasteiger partial charge in [0.25, 0.3) is 0 Å². The van der Waals surface area contributed by atoms with E-state index in [2.05, 4.69) is 22.4 Å². The Labute approximate surface area is 189 Å². The van der Waals surface area contributed by atoms with E-state index in [4.69, 9.17) is 9.47 Å². The molecule has 0 unspecified atom stereocenters. The monoisotopic (exact) mass is 425 g/mol. The van der Waals surface area contributed by atoms with Crippen LogP contribution in [0.3, 0.4) is 0 Å². The molecule has 1 N–H and O–H groups in total. The number of nitrogens with zero attached hydrogens (tertiary/aromatic N) is 2. The van der Waals surface area contributed by atoms with Crippen molar-refractivity contribution in [3.63, 3.8) is 0 Å². The van der Waals surface area contributed by atoms with E-state index in [0.717, 1.165) is 34.1 Å². The maximum atomic E-state index is 5.94. The Balaban J connectivity index is 1.31. The first-order valence-corrected chi connectivity index (χ1v) is 10.6. The summed E-state index contributed by atoms with van der Waals surface area (Å²) in [7, 11) is 4.02. The summed E-state index contributed by atoms with van der Waals surface area (Å²) in [4.78, 5) is 6.56. The summed E-state index contributed by atoms with van der Waals surface area (Å²) in [6.45, 7) is 1.16. The Bertz CT molecular complexity index is 1130. The van der Waals surface area contributed by atoms with Gasteiger partial charge in [-0.25, -0.2) is 0 Å². The number of hydrogen-bond acceptors (Lipinski definition) is 5. The first-order valence-electron chi connectivity index (χ1n) is 10.6. The number of rotatable bonds is 9. The van der Waals surface area contributed by atoms with E-state index in [-0.39, 0.29) is 0 Å². The van der Waals surface area contributed by atoms with E-state index in [9.17, 15) is 0 Å². The van der Waals surface area contributed by atoms with Crippen molar-refractivity contribution in [2.45, 2.75) is 13.2 Å². The van der Waals surface area contributed by atoms with Gasteiger partial charge in [-0.1, -0.05) is 42.5 Å². The lowest BCUT2D eigenvalue weighted by atomic mass is 10.2. The summed E-state index contributed by atoms with van der Waals surface area (Å²) < 4.78 is 11.8. The molecule has 0 fully saturated rings. The predicted molar refractivity (Wildman–Crippen MR) is 130 cm³/mol. The molecule has 32 heavy (non-hydrogen) atoms. The van der Waals surface area contributed by atoms with Crippen LogP contribution in [0.2, 0.25) is 0 Å². The Morgan fingerprint density at radius 1 is 0.781 bits per heavy atom. The molecular formula is C27H27N3O2. The molecule has 0 aliphatic heterocycles. The summed E-state index contributed by atoms with van der Waals surface area (Å²) in [6.07, 6.45) is 1.75. The van der Waals surface area contributed by atoms with E-state index < -0.39 is 0 Å². The molecular weight excluding hydrogens is 398 g/mol. The molecule has 0 saturated carbocycles. The highest BCUT2D eigenvalue weighted by Crippen LogP contribution is 2.25. The average Bonchev–Trinajstić information content (AvgIpc) is 2.83. The fraction of sp³-hybridized carbons (Fsp3) is 0.148. The molecule has 0 amide bonds. The van der Waals surface area contributed by atoms with E-state index in [1.165, 1.54) is 0 Å². The van der Waals surface area contributed by atoms with Crippen LogP contribution in [0, 0.1) is 0 Å². The normalized spacial score (nSPS) is 10.4. The number of anilines is 2. The smallest absolute Gasteiger partial charge is 0.145 e. The lowest BCUT2D eigenvalue weighted by Crippen LogP contribution is -2.08. The molecule has 0 saturated heterocycles. The number of nitrogens with one attached hydrogen (secondary N) is 1. The lowest BCUT2D eigenvalue weighted by Gasteiger charge is -2.14. The average molecular weight is 426 g/mol. The van der Waals surface area contributed by atoms with Gasteiger partial charge in [-0.05, 0) is 42.0 Å². The first-order chi connectivity index (χ1) is 15.7. The molecule has 0 aliphatic carbocycles. The van der Waals surface area contributed by atoms with Gasteiger partial charge in [0.05, 0.1) is 18.4 Å². The maximum Gasteiger partial charge on any atom is 0.145 e. The zero-order chi connectivity index (χ0) is 22.2. The van der Waals surface area contributed by atoms with Crippen molar-refractivity contribution in [3.8, 4) is 17.2 Å². The highest BCUT2D eigenvalue weighted by molar-refractivity contribution is 5.50. The van der Waals surface area contributed by atoms with Gasteiger partial charge >= 0.3 is 0 Å². The molecule has 4 aromatic rings. The number of ether oxygens (including phenoxy) is 2. The van der Waals surface area contributed by atoms with Crippen LogP contribution in [-0.2, 0) is 13.2 Å². The van der Waals surface area contributed by atoms with Crippen molar-refractivity contribution >= 4 is 11.4 Å². The van der Waals surface area contributed by atoms with Gasteiger partial charge in [0, 0.05) is 37.6 Å². The Morgan fingerprint density at radius 3 is 2.38 bits per heavy atom. The molecule has 1 aromatic heterocycles. The molecule has 0 aliphatic rings. The van der Waals surface area contributed by atoms with Gasteiger partial charge in [0.2, 0.25) is 0 Å². The molecule has 5 nitrogen and oxygen atoms in total. The Morgan fingerprint density at radius 2 is 1.59 bits per heavy atom. The second-order valence-corrected chi connectivity index (χ2v) is 7.63. The number of pyridine rings is 1. The third-order valence-electron chi connectivity index (χ3n) is 4.92. The van der Waals surface area contributed by atoms with Gasteiger partial charge in [-0.2, -0.15) is 0 Å². The summed E-state index contributed by atoms with van der Waals surface area (Å²) in [5.74, 6) is 2.33. The van der Waals surface area contributed by atoms with Gasteiger partial charge in [0.1, 0.15) is 23.9 Å². The van der Waals surface area contributed by atoms with Crippen LogP contribution in [0.25, 0.3) is 0 Å². The van der Waals surface area contributed by atoms with Crippen molar-refractivity contribution in [2.75, 3.05) is 24.3 Å². The molecule has 0 bridgehead atoms. The molecule has 3 aromatic carbocycles. The molecule has 0 atom stereocenters.